The largest absolute Gasteiger partial charge is 0.325 e. The van der Waals surface area contributed by atoms with Crippen molar-refractivity contribution >= 4 is 46.4 Å². The molecule has 9 heteroatoms. The molecule has 4 rings (SSSR count). The summed E-state index contributed by atoms with van der Waals surface area (Å²) in [6.07, 6.45) is 0. The molecule has 0 radical (unpaired) electrons. The molecule has 4 aromatic carbocycles. The zero-order valence-corrected chi connectivity index (χ0v) is 21.1. The molecule has 0 aromatic heterocycles. The highest BCUT2D eigenvalue weighted by Crippen LogP contribution is 2.36. The Labute approximate surface area is 223 Å². The number of amides is 2. The van der Waals surface area contributed by atoms with Gasteiger partial charge < -0.3 is 10.6 Å². The van der Waals surface area contributed by atoms with Crippen LogP contribution in [0.2, 0.25) is 0 Å². The number of non-ortho nitro benzene ring substituents is 1. The van der Waals surface area contributed by atoms with E-state index in [9.17, 15) is 24.5 Å². The second kappa shape index (κ2) is 12.0. The Balaban J connectivity index is 1.47. The average molecular weight is 526 g/mol. The molecule has 0 aliphatic carbocycles. The highest BCUT2D eigenvalue weighted by atomic mass is 32.2. The molecule has 0 fully saturated rings. The Hall–Kier alpha value is -4.76. The van der Waals surface area contributed by atoms with Gasteiger partial charge in [0.2, 0.25) is 5.91 Å². The van der Waals surface area contributed by atoms with E-state index >= 15 is 0 Å². The number of hydrogen-bond acceptors (Lipinski definition) is 6. The lowest BCUT2D eigenvalue weighted by Crippen LogP contribution is -2.19. The van der Waals surface area contributed by atoms with E-state index in [1.54, 1.807) is 48.5 Å². The maximum Gasteiger partial charge on any atom is 0.270 e. The number of Topliss-reactive ketones (excluding diaryl/α,β-unsaturated/α-hetero) is 1. The molecule has 2 N–H and O–H groups in total. The highest BCUT2D eigenvalue weighted by Gasteiger charge is 2.22. The summed E-state index contributed by atoms with van der Waals surface area (Å²) in [5, 5.41) is 16.1. The van der Waals surface area contributed by atoms with Crippen LogP contribution in [0.5, 0.6) is 0 Å². The number of nitro benzene ring substituents is 1. The van der Waals surface area contributed by atoms with Gasteiger partial charge in [-0.1, -0.05) is 36.4 Å². The maximum absolute atomic E-state index is 13.3. The van der Waals surface area contributed by atoms with Crippen LogP contribution in [0.25, 0.3) is 0 Å². The number of carbonyl (C=O) groups is 3. The number of rotatable bonds is 9. The van der Waals surface area contributed by atoms with Crippen LogP contribution < -0.4 is 10.6 Å². The molecule has 4 aromatic rings. The van der Waals surface area contributed by atoms with Crippen LogP contribution in [0.3, 0.4) is 0 Å². The van der Waals surface area contributed by atoms with Crippen molar-refractivity contribution in [3.8, 4) is 0 Å². The Bertz CT molecular complexity index is 1470. The lowest BCUT2D eigenvalue weighted by atomic mass is 10.1. The van der Waals surface area contributed by atoms with Crippen molar-refractivity contribution in [1.82, 2.24) is 0 Å². The minimum atomic E-state index is -0.561. The monoisotopic (exact) mass is 525 g/mol. The molecular weight excluding hydrogens is 502 g/mol. The number of nitrogens with zero attached hydrogens (tertiary/aromatic N) is 1. The molecule has 0 heterocycles. The van der Waals surface area contributed by atoms with E-state index in [4.69, 9.17) is 0 Å². The molecule has 190 valence electrons. The third-order valence-corrected chi connectivity index (χ3v) is 6.85. The fraction of sp³-hybridized carbons (Fsp3) is 0.0690. The summed E-state index contributed by atoms with van der Waals surface area (Å²) in [7, 11) is 0. The summed E-state index contributed by atoms with van der Waals surface area (Å²) >= 11 is 1.35. The Morgan fingerprint density at radius 2 is 1.39 bits per heavy atom. The van der Waals surface area contributed by atoms with E-state index < -0.39 is 16.1 Å². The van der Waals surface area contributed by atoms with Crippen molar-refractivity contribution in [2.75, 3.05) is 10.6 Å². The lowest BCUT2D eigenvalue weighted by Gasteiger charge is -2.17. The Morgan fingerprint density at radius 1 is 0.763 bits per heavy atom. The first kappa shape index (κ1) is 26.3. The van der Waals surface area contributed by atoms with Gasteiger partial charge in [0.25, 0.3) is 11.6 Å². The van der Waals surface area contributed by atoms with Crippen molar-refractivity contribution in [3.05, 3.63) is 130 Å². The van der Waals surface area contributed by atoms with Gasteiger partial charge in [0.05, 0.1) is 4.92 Å². The van der Waals surface area contributed by atoms with E-state index in [2.05, 4.69) is 10.6 Å². The number of nitrogens with one attached hydrogen (secondary N) is 2. The molecule has 38 heavy (non-hydrogen) atoms. The second-order valence-electron chi connectivity index (χ2n) is 8.32. The quantitative estimate of drug-likeness (QED) is 0.111. The SMILES string of the molecule is CC(=O)c1ccc(NC(=O)C(Sc2ccc(NC(=O)c3cccc([N+](=O)[O-])c3)cc2)c2ccccc2)cc1. The van der Waals surface area contributed by atoms with Crippen molar-refractivity contribution in [2.45, 2.75) is 17.1 Å². The molecule has 0 bridgehead atoms. The summed E-state index contributed by atoms with van der Waals surface area (Å²) in [6, 6.07) is 28.6. The molecule has 0 aliphatic heterocycles. The van der Waals surface area contributed by atoms with E-state index in [0.29, 0.717) is 16.9 Å². The third kappa shape index (κ3) is 6.71. The minimum Gasteiger partial charge on any atom is -0.325 e. The molecule has 1 unspecified atom stereocenters. The topological polar surface area (TPSA) is 118 Å². The fourth-order valence-electron chi connectivity index (χ4n) is 3.61. The molecule has 8 nitrogen and oxygen atoms in total. The number of anilines is 2. The minimum absolute atomic E-state index is 0.0506. The number of nitro groups is 1. The van der Waals surface area contributed by atoms with Crippen molar-refractivity contribution in [2.24, 2.45) is 0 Å². The van der Waals surface area contributed by atoms with Gasteiger partial charge in [0, 0.05) is 39.5 Å². The molecule has 0 aliphatic rings. The first-order valence-corrected chi connectivity index (χ1v) is 12.5. The zero-order chi connectivity index (χ0) is 27.1. The normalized spacial score (nSPS) is 11.3. The predicted octanol–water partition coefficient (Wildman–Crippen LogP) is 6.52. The third-order valence-electron chi connectivity index (χ3n) is 5.58. The molecular formula is C29H23N3O5S. The number of benzene rings is 4. The van der Waals surface area contributed by atoms with Gasteiger partial charge in [-0.25, -0.2) is 0 Å². The van der Waals surface area contributed by atoms with E-state index in [-0.39, 0.29) is 22.9 Å². The number of thioether (sulfide) groups is 1. The lowest BCUT2D eigenvalue weighted by molar-refractivity contribution is -0.384. The van der Waals surface area contributed by atoms with Crippen LogP contribution in [-0.4, -0.2) is 22.5 Å². The maximum atomic E-state index is 13.3. The van der Waals surface area contributed by atoms with Gasteiger partial charge in [0.15, 0.2) is 5.78 Å². The van der Waals surface area contributed by atoms with E-state index in [1.807, 2.05) is 30.3 Å². The van der Waals surface area contributed by atoms with Crippen LogP contribution in [0.15, 0.2) is 108 Å². The molecule has 0 saturated carbocycles. The summed E-state index contributed by atoms with van der Waals surface area (Å²) in [5.74, 6) is -0.739. The second-order valence-corrected chi connectivity index (χ2v) is 9.50. The van der Waals surface area contributed by atoms with Crippen molar-refractivity contribution in [1.29, 1.82) is 0 Å². The Kier molecular flexibility index (Phi) is 8.30. The van der Waals surface area contributed by atoms with Crippen molar-refractivity contribution in [3.63, 3.8) is 0 Å². The van der Waals surface area contributed by atoms with Gasteiger partial charge in [-0.3, -0.25) is 24.5 Å². The van der Waals surface area contributed by atoms with Crippen LogP contribution in [0, 0.1) is 10.1 Å². The van der Waals surface area contributed by atoms with E-state index in [1.165, 1.54) is 43.0 Å². The fourth-order valence-corrected chi connectivity index (χ4v) is 4.64. The van der Waals surface area contributed by atoms with Crippen LogP contribution in [0.1, 0.15) is 38.5 Å². The number of carbonyl (C=O) groups excluding carboxylic acids is 3. The molecule has 0 saturated heterocycles. The van der Waals surface area contributed by atoms with Gasteiger partial charge in [-0.05, 0) is 67.1 Å². The Morgan fingerprint density at radius 3 is 2.03 bits per heavy atom. The summed E-state index contributed by atoms with van der Waals surface area (Å²) in [6.45, 7) is 1.49. The highest BCUT2D eigenvalue weighted by molar-refractivity contribution is 8.00. The molecule has 2 amide bonds. The summed E-state index contributed by atoms with van der Waals surface area (Å²) < 4.78 is 0. The van der Waals surface area contributed by atoms with Gasteiger partial charge in [-0.15, -0.1) is 11.8 Å². The smallest absolute Gasteiger partial charge is 0.270 e. The first-order valence-electron chi connectivity index (χ1n) is 11.6. The average Bonchev–Trinajstić information content (AvgIpc) is 2.93. The number of ketones is 1. The van der Waals surface area contributed by atoms with E-state index in [0.717, 1.165) is 10.5 Å². The van der Waals surface area contributed by atoms with Crippen LogP contribution >= 0.6 is 11.8 Å². The molecule has 1 atom stereocenters. The standard InChI is InChI=1S/C29H23N3O5S/c1-19(33)20-10-12-23(13-11-20)31-29(35)27(21-6-3-2-4-7-21)38-26-16-14-24(15-17-26)30-28(34)22-8-5-9-25(18-22)32(36)37/h2-18,27H,1H3,(H,30,34)(H,31,35). The summed E-state index contributed by atoms with van der Waals surface area (Å²) in [4.78, 5) is 48.6. The van der Waals surface area contributed by atoms with Crippen LogP contribution in [0.4, 0.5) is 17.1 Å². The zero-order valence-electron chi connectivity index (χ0n) is 20.3. The summed E-state index contributed by atoms with van der Waals surface area (Å²) in [5.41, 5.74) is 2.49. The van der Waals surface area contributed by atoms with Gasteiger partial charge in [-0.2, -0.15) is 0 Å². The first-order chi connectivity index (χ1) is 18.3. The van der Waals surface area contributed by atoms with Crippen LogP contribution in [-0.2, 0) is 4.79 Å². The van der Waals surface area contributed by atoms with Gasteiger partial charge >= 0.3 is 0 Å². The van der Waals surface area contributed by atoms with Crippen molar-refractivity contribution < 1.29 is 19.3 Å². The predicted molar refractivity (Wildman–Crippen MR) is 148 cm³/mol. The van der Waals surface area contributed by atoms with Gasteiger partial charge in [0.1, 0.15) is 5.25 Å². The molecule has 0 spiro atoms. The number of hydrogen-bond donors (Lipinski definition) is 2.